The molecule has 1 atom stereocenters. The summed E-state index contributed by atoms with van der Waals surface area (Å²) in [4.78, 5) is 16.0. The number of nitrogens with one attached hydrogen (secondary N) is 1. The molecule has 1 unspecified atom stereocenters. The van der Waals surface area contributed by atoms with E-state index in [1.165, 1.54) is 12.4 Å². The van der Waals surface area contributed by atoms with E-state index in [1.54, 1.807) is 12.3 Å². The molecule has 1 rings (SSSR count). The molecule has 20 heavy (non-hydrogen) atoms. The van der Waals surface area contributed by atoms with Crippen molar-refractivity contribution in [2.75, 3.05) is 25.2 Å². The number of aliphatic hydroxyl groups excluding tert-OH is 1. The maximum Gasteiger partial charge on any atom is 0.252 e. The van der Waals surface area contributed by atoms with Crippen molar-refractivity contribution in [1.82, 2.24) is 10.3 Å². The smallest absolute Gasteiger partial charge is 0.252 e. The van der Waals surface area contributed by atoms with E-state index in [1.807, 2.05) is 0 Å². The van der Waals surface area contributed by atoms with Gasteiger partial charge in [0.25, 0.3) is 5.91 Å². The first-order valence-electron chi connectivity index (χ1n) is 6.27. The van der Waals surface area contributed by atoms with Crippen LogP contribution in [0.2, 0.25) is 0 Å². The van der Waals surface area contributed by atoms with Crippen LogP contribution in [0, 0.1) is 11.8 Å². The highest BCUT2D eigenvalue weighted by molar-refractivity contribution is 7.84. The van der Waals surface area contributed by atoms with Crippen molar-refractivity contribution in [1.29, 1.82) is 0 Å². The van der Waals surface area contributed by atoms with Gasteiger partial charge in [0.15, 0.2) is 0 Å². The third kappa shape index (κ3) is 5.95. The van der Waals surface area contributed by atoms with Gasteiger partial charge in [-0.05, 0) is 12.5 Å². The molecule has 1 aromatic heterocycles. The van der Waals surface area contributed by atoms with E-state index >= 15 is 0 Å². The second kappa shape index (κ2) is 9.23. The number of amides is 1. The zero-order chi connectivity index (χ0) is 14.8. The normalized spacial score (nSPS) is 11.3. The van der Waals surface area contributed by atoms with Gasteiger partial charge in [0.1, 0.15) is 0 Å². The van der Waals surface area contributed by atoms with Crippen LogP contribution in [0.25, 0.3) is 0 Å². The molecule has 0 aromatic carbocycles. The SMILES string of the molecule is CS(=O)CCCNC(=O)c1ccncc1C#CCCO. The predicted molar refractivity (Wildman–Crippen MR) is 78.7 cm³/mol. The molecule has 108 valence electrons. The molecule has 0 spiro atoms. The second-order valence-corrected chi connectivity index (χ2v) is 5.64. The molecule has 0 saturated heterocycles. The molecule has 2 N–H and O–H groups in total. The highest BCUT2D eigenvalue weighted by Crippen LogP contribution is 2.05. The summed E-state index contributed by atoms with van der Waals surface area (Å²) in [5, 5.41) is 11.5. The van der Waals surface area contributed by atoms with Crippen molar-refractivity contribution >= 4 is 16.7 Å². The van der Waals surface area contributed by atoms with Crippen LogP contribution >= 0.6 is 0 Å². The van der Waals surface area contributed by atoms with Gasteiger partial charge >= 0.3 is 0 Å². The molecule has 1 heterocycles. The van der Waals surface area contributed by atoms with Crippen molar-refractivity contribution in [2.45, 2.75) is 12.8 Å². The highest BCUT2D eigenvalue weighted by atomic mass is 32.2. The number of pyridine rings is 1. The Morgan fingerprint density at radius 2 is 2.35 bits per heavy atom. The molecule has 0 bridgehead atoms. The first kappa shape index (κ1) is 16.3. The summed E-state index contributed by atoms with van der Waals surface area (Å²) >= 11 is 0. The standard InChI is InChI=1S/C14H18N2O3S/c1-20(19)10-4-7-16-14(18)13-6-8-15-11-12(13)5-2-3-9-17/h6,8,11,17H,3-4,7,9-10H2,1H3,(H,16,18). The highest BCUT2D eigenvalue weighted by Gasteiger charge is 2.09. The fourth-order valence-electron chi connectivity index (χ4n) is 1.48. The van der Waals surface area contributed by atoms with E-state index < -0.39 is 10.8 Å². The summed E-state index contributed by atoms with van der Waals surface area (Å²) < 4.78 is 10.9. The molecule has 0 fully saturated rings. The summed E-state index contributed by atoms with van der Waals surface area (Å²) in [7, 11) is -0.842. The van der Waals surface area contributed by atoms with Crippen molar-refractivity contribution in [2.24, 2.45) is 0 Å². The molecular weight excluding hydrogens is 276 g/mol. The first-order valence-corrected chi connectivity index (χ1v) is 8.00. The van der Waals surface area contributed by atoms with Crippen LogP contribution in [0.3, 0.4) is 0 Å². The van der Waals surface area contributed by atoms with Crippen molar-refractivity contribution < 1.29 is 14.1 Å². The monoisotopic (exact) mass is 294 g/mol. The van der Waals surface area contributed by atoms with Crippen LogP contribution in [0.5, 0.6) is 0 Å². The average Bonchev–Trinajstić information content (AvgIpc) is 2.44. The van der Waals surface area contributed by atoms with Gasteiger partial charge in [0, 0.05) is 48.2 Å². The fourth-order valence-corrected chi connectivity index (χ4v) is 2.03. The van der Waals surface area contributed by atoms with E-state index in [9.17, 15) is 9.00 Å². The number of hydrogen-bond donors (Lipinski definition) is 2. The number of rotatable bonds is 6. The lowest BCUT2D eigenvalue weighted by Gasteiger charge is -2.06. The average molecular weight is 294 g/mol. The Labute approximate surface area is 121 Å². The van der Waals surface area contributed by atoms with Gasteiger partial charge in [0.2, 0.25) is 0 Å². The third-order valence-electron chi connectivity index (χ3n) is 2.42. The van der Waals surface area contributed by atoms with E-state index in [-0.39, 0.29) is 12.5 Å². The van der Waals surface area contributed by atoms with E-state index in [0.29, 0.717) is 36.3 Å². The maximum atomic E-state index is 12.0. The van der Waals surface area contributed by atoms with Gasteiger partial charge in [-0.1, -0.05) is 11.8 Å². The van der Waals surface area contributed by atoms with Crippen molar-refractivity contribution in [3.63, 3.8) is 0 Å². The molecule has 0 radical (unpaired) electrons. The van der Waals surface area contributed by atoms with Gasteiger partial charge in [0.05, 0.1) is 17.7 Å². The Kier molecular flexibility index (Phi) is 7.55. The van der Waals surface area contributed by atoms with Crippen LogP contribution in [-0.2, 0) is 10.8 Å². The van der Waals surface area contributed by atoms with Gasteiger partial charge in [-0.3, -0.25) is 14.0 Å². The molecule has 0 aliphatic heterocycles. The molecule has 0 aliphatic rings. The quantitative estimate of drug-likeness (QED) is 0.585. The number of hydrogen-bond acceptors (Lipinski definition) is 4. The lowest BCUT2D eigenvalue weighted by atomic mass is 10.1. The van der Waals surface area contributed by atoms with Crippen LogP contribution in [0.4, 0.5) is 0 Å². The first-order chi connectivity index (χ1) is 9.65. The maximum absolute atomic E-state index is 12.0. The van der Waals surface area contributed by atoms with E-state index in [4.69, 9.17) is 5.11 Å². The van der Waals surface area contributed by atoms with Crippen molar-refractivity contribution in [3.8, 4) is 11.8 Å². The number of nitrogens with zero attached hydrogens (tertiary/aromatic N) is 1. The molecule has 1 amide bonds. The molecule has 5 nitrogen and oxygen atoms in total. The Bertz CT molecular complexity index is 535. The molecular formula is C14H18N2O3S. The molecule has 6 heteroatoms. The number of carbonyl (C=O) groups excluding carboxylic acids is 1. The Morgan fingerprint density at radius 1 is 1.55 bits per heavy atom. The van der Waals surface area contributed by atoms with Gasteiger partial charge < -0.3 is 10.4 Å². The van der Waals surface area contributed by atoms with Gasteiger partial charge in [-0.25, -0.2) is 0 Å². The second-order valence-electron chi connectivity index (χ2n) is 4.08. The van der Waals surface area contributed by atoms with Crippen LogP contribution in [0.1, 0.15) is 28.8 Å². The fraction of sp³-hybridized carbons (Fsp3) is 0.429. The van der Waals surface area contributed by atoms with Gasteiger partial charge in [-0.2, -0.15) is 0 Å². The third-order valence-corrected chi connectivity index (χ3v) is 3.28. The zero-order valence-corrected chi connectivity index (χ0v) is 12.2. The molecule has 0 aliphatic carbocycles. The summed E-state index contributed by atoms with van der Waals surface area (Å²) in [6.45, 7) is 0.465. The minimum Gasteiger partial charge on any atom is -0.395 e. The molecule has 1 aromatic rings. The lowest BCUT2D eigenvalue weighted by Crippen LogP contribution is -2.26. The number of aromatic nitrogens is 1. The Morgan fingerprint density at radius 3 is 3.05 bits per heavy atom. The Hall–Kier alpha value is -1.71. The van der Waals surface area contributed by atoms with Gasteiger partial charge in [-0.15, -0.1) is 0 Å². The molecule has 0 saturated carbocycles. The topological polar surface area (TPSA) is 79.3 Å². The van der Waals surface area contributed by atoms with E-state index in [2.05, 4.69) is 22.1 Å². The van der Waals surface area contributed by atoms with Crippen LogP contribution in [-0.4, -0.2) is 45.4 Å². The number of aliphatic hydroxyl groups is 1. The summed E-state index contributed by atoms with van der Waals surface area (Å²) in [5.41, 5.74) is 1.00. The Balaban J connectivity index is 2.64. The van der Waals surface area contributed by atoms with E-state index in [0.717, 1.165) is 0 Å². The number of carbonyl (C=O) groups is 1. The van der Waals surface area contributed by atoms with Crippen LogP contribution in [0.15, 0.2) is 18.5 Å². The lowest BCUT2D eigenvalue weighted by molar-refractivity contribution is 0.0953. The summed E-state index contributed by atoms with van der Waals surface area (Å²) in [6, 6.07) is 1.61. The zero-order valence-electron chi connectivity index (χ0n) is 11.4. The largest absolute Gasteiger partial charge is 0.395 e. The summed E-state index contributed by atoms with van der Waals surface area (Å²) in [5.74, 6) is 5.94. The summed E-state index contributed by atoms with van der Waals surface area (Å²) in [6.07, 6.45) is 5.73. The minimum atomic E-state index is -0.842. The minimum absolute atomic E-state index is 0.0110. The van der Waals surface area contributed by atoms with Crippen LogP contribution < -0.4 is 5.32 Å². The predicted octanol–water partition coefficient (Wildman–Crippen LogP) is 0.314. The van der Waals surface area contributed by atoms with Crippen molar-refractivity contribution in [3.05, 3.63) is 29.6 Å².